The van der Waals surface area contributed by atoms with Crippen molar-refractivity contribution in [1.82, 2.24) is 9.29 Å². The topological polar surface area (TPSA) is 82.6 Å². The van der Waals surface area contributed by atoms with E-state index in [4.69, 9.17) is 11.6 Å². The van der Waals surface area contributed by atoms with Crippen LogP contribution in [0.2, 0.25) is 5.02 Å². The average molecular weight is 463 g/mol. The van der Waals surface area contributed by atoms with Gasteiger partial charge in [-0.2, -0.15) is 4.31 Å². The molecule has 31 heavy (non-hydrogen) atoms. The van der Waals surface area contributed by atoms with Gasteiger partial charge in [0.1, 0.15) is 10.7 Å². The van der Waals surface area contributed by atoms with Crippen LogP contribution in [-0.2, 0) is 14.8 Å². The third-order valence-corrected chi connectivity index (χ3v) is 8.16. The number of piperidine rings is 2. The van der Waals surface area contributed by atoms with Crippen LogP contribution < -0.4 is 10.2 Å². The number of halogens is 1. The molecule has 0 atom stereocenters. The van der Waals surface area contributed by atoms with Crippen molar-refractivity contribution in [2.24, 2.45) is 5.92 Å². The first-order valence-electron chi connectivity index (χ1n) is 10.7. The maximum atomic E-state index is 13.1. The summed E-state index contributed by atoms with van der Waals surface area (Å²) in [7, 11) is -3.63. The number of hydrogen-bond acceptors (Lipinski definition) is 5. The highest BCUT2D eigenvalue weighted by Gasteiger charge is 2.30. The molecule has 166 valence electrons. The van der Waals surface area contributed by atoms with E-state index in [0.29, 0.717) is 49.7 Å². The highest BCUT2D eigenvalue weighted by molar-refractivity contribution is 7.89. The number of nitrogens with zero attached hydrogens (tertiary/aromatic N) is 3. The Morgan fingerprint density at radius 2 is 1.71 bits per heavy atom. The lowest BCUT2D eigenvalue weighted by molar-refractivity contribution is -0.120. The zero-order valence-corrected chi connectivity index (χ0v) is 18.9. The molecule has 1 aromatic carbocycles. The third kappa shape index (κ3) is 5.02. The van der Waals surface area contributed by atoms with Crippen molar-refractivity contribution in [1.29, 1.82) is 0 Å². The molecule has 0 radical (unpaired) electrons. The molecule has 0 unspecified atom stereocenters. The van der Waals surface area contributed by atoms with Gasteiger partial charge in [-0.3, -0.25) is 4.79 Å². The third-order valence-electron chi connectivity index (χ3n) is 5.98. The number of benzene rings is 1. The Balaban J connectivity index is 1.42. The van der Waals surface area contributed by atoms with Crippen LogP contribution in [0.25, 0.3) is 0 Å². The van der Waals surface area contributed by atoms with Crippen molar-refractivity contribution in [3.63, 3.8) is 0 Å². The highest BCUT2D eigenvalue weighted by Crippen LogP contribution is 2.29. The second-order valence-electron chi connectivity index (χ2n) is 8.05. The first kappa shape index (κ1) is 22.0. The molecule has 2 fully saturated rings. The molecule has 0 bridgehead atoms. The summed E-state index contributed by atoms with van der Waals surface area (Å²) in [5.41, 5.74) is 0.361. The Hall–Kier alpha value is -2.16. The maximum absolute atomic E-state index is 13.1. The van der Waals surface area contributed by atoms with Crippen molar-refractivity contribution in [3.05, 3.63) is 47.6 Å². The summed E-state index contributed by atoms with van der Waals surface area (Å²) in [5, 5.41) is 3.48. The van der Waals surface area contributed by atoms with Crippen LogP contribution in [0.1, 0.15) is 32.1 Å². The lowest BCUT2D eigenvalue weighted by Crippen LogP contribution is -2.39. The van der Waals surface area contributed by atoms with E-state index in [2.05, 4.69) is 15.2 Å². The quantitative estimate of drug-likeness (QED) is 0.731. The number of hydrogen-bond donors (Lipinski definition) is 1. The van der Waals surface area contributed by atoms with Gasteiger partial charge in [0.2, 0.25) is 15.9 Å². The molecule has 9 heteroatoms. The first-order valence-corrected chi connectivity index (χ1v) is 12.5. The zero-order valence-electron chi connectivity index (χ0n) is 17.3. The normalized spacial score (nSPS) is 18.7. The Kier molecular flexibility index (Phi) is 6.79. The molecule has 1 aromatic heterocycles. The minimum Gasteiger partial charge on any atom is -0.357 e. The molecule has 4 rings (SSSR count). The predicted molar refractivity (Wildman–Crippen MR) is 122 cm³/mol. The molecular formula is C22H27ClN4O3S. The van der Waals surface area contributed by atoms with Crippen molar-refractivity contribution in [2.45, 2.75) is 37.0 Å². The van der Waals surface area contributed by atoms with Crippen LogP contribution in [0.4, 0.5) is 11.5 Å². The summed E-state index contributed by atoms with van der Waals surface area (Å²) in [6.07, 6.45) is 5.77. The van der Waals surface area contributed by atoms with Gasteiger partial charge in [-0.05, 0) is 49.9 Å². The molecule has 1 amide bonds. The number of aromatic nitrogens is 1. The number of amides is 1. The molecule has 2 aliphatic rings. The number of para-hydroxylation sites is 1. The number of anilines is 2. The highest BCUT2D eigenvalue weighted by atomic mass is 35.5. The largest absolute Gasteiger partial charge is 0.357 e. The lowest BCUT2D eigenvalue weighted by atomic mass is 9.96. The Labute approximate surface area is 188 Å². The van der Waals surface area contributed by atoms with Crippen LogP contribution in [-0.4, -0.2) is 49.8 Å². The van der Waals surface area contributed by atoms with Crippen molar-refractivity contribution in [3.8, 4) is 0 Å². The zero-order chi connectivity index (χ0) is 21.8. The standard InChI is InChI=1S/C22H27ClN4O3S/c23-18-8-9-21(24-16-18)26-14-10-17(11-15-26)22(28)25-19-6-2-3-7-20(19)31(29,30)27-12-4-1-5-13-27/h2-3,6-9,16-17H,1,4-5,10-15H2,(H,25,28). The van der Waals surface area contributed by atoms with Crippen LogP contribution >= 0.6 is 11.6 Å². The fourth-order valence-electron chi connectivity index (χ4n) is 4.20. The fourth-order valence-corrected chi connectivity index (χ4v) is 5.98. The molecular weight excluding hydrogens is 436 g/mol. The summed E-state index contributed by atoms with van der Waals surface area (Å²) in [6, 6.07) is 10.4. The molecule has 1 N–H and O–H groups in total. The Bertz CT molecular complexity index is 1020. The van der Waals surface area contributed by atoms with E-state index >= 15 is 0 Å². The van der Waals surface area contributed by atoms with Crippen LogP contribution in [0.15, 0.2) is 47.5 Å². The van der Waals surface area contributed by atoms with Gasteiger partial charge in [-0.1, -0.05) is 30.2 Å². The van der Waals surface area contributed by atoms with Crippen LogP contribution in [0, 0.1) is 5.92 Å². The molecule has 2 aromatic rings. The molecule has 3 heterocycles. The first-order chi connectivity index (χ1) is 14.9. The summed E-state index contributed by atoms with van der Waals surface area (Å²) in [5.74, 6) is 0.542. The van der Waals surface area contributed by atoms with Crippen molar-refractivity contribution >= 4 is 39.0 Å². The second kappa shape index (κ2) is 9.54. The molecule has 7 nitrogen and oxygen atoms in total. The van der Waals surface area contributed by atoms with E-state index in [1.54, 1.807) is 30.5 Å². The monoisotopic (exact) mass is 462 g/mol. The van der Waals surface area contributed by atoms with E-state index in [-0.39, 0.29) is 16.7 Å². The molecule has 2 aliphatic heterocycles. The minimum atomic E-state index is -3.63. The maximum Gasteiger partial charge on any atom is 0.245 e. The van der Waals surface area contributed by atoms with Crippen LogP contribution in [0.5, 0.6) is 0 Å². The number of nitrogens with one attached hydrogen (secondary N) is 1. The molecule has 0 saturated carbocycles. The summed E-state index contributed by atoms with van der Waals surface area (Å²) in [4.78, 5) is 19.6. The van der Waals surface area contributed by atoms with Crippen molar-refractivity contribution in [2.75, 3.05) is 36.4 Å². The SMILES string of the molecule is O=C(Nc1ccccc1S(=O)(=O)N1CCCCC1)C1CCN(c2ccc(Cl)cn2)CC1. The number of carbonyl (C=O) groups is 1. The van der Waals surface area contributed by atoms with Gasteiger partial charge < -0.3 is 10.2 Å². The van der Waals surface area contributed by atoms with Gasteiger partial charge in [0.15, 0.2) is 0 Å². The van der Waals surface area contributed by atoms with Gasteiger partial charge in [0, 0.05) is 38.3 Å². The molecule has 2 saturated heterocycles. The summed E-state index contributed by atoms with van der Waals surface area (Å²) in [6.45, 7) is 2.48. The van der Waals surface area contributed by atoms with Crippen LogP contribution in [0.3, 0.4) is 0 Å². The number of sulfonamides is 1. The second-order valence-corrected chi connectivity index (χ2v) is 10.4. The van der Waals surface area contributed by atoms with Gasteiger partial charge >= 0.3 is 0 Å². The van der Waals surface area contributed by atoms with Gasteiger partial charge in [0.05, 0.1) is 10.7 Å². The minimum absolute atomic E-state index is 0.134. The molecule has 0 aliphatic carbocycles. The lowest BCUT2D eigenvalue weighted by Gasteiger charge is -2.32. The average Bonchev–Trinajstić information content (AvgIpc) is 2.80. The number of carbonyl (C=O) groups excluding carboxylic acids is 1. The van der Waals surface area contributed by atoms with E-state index in [9.17, 15) is 13.2 Å². The summed E-state index contributed by atoms with van der Waals surface area (Å²) >= 11 is 5.91. The van der Waals surface area contributed by atoms with E-state index in [1.807, 2.05) is 12.1 Å². The van der Waals surface area contributed by atoms with E-state index in [1.165, 1.54) is 4.31 Å². The summed E-state index contributed by atoms with van der Waals surface area (Å²) < 4.78 is 27.8. The Morgan fingerprint density at radius 1 is 1.00 bits per heavy atom. The predicted octanol–water partition coefficient (Wildman–Crippen LogP) is 3.76. The van der Waals surface area contributed by atoms with E-state index in [0.717, 1.165) is 25.1 Å². The smallest absolute Gasteiger partial charge is 0.245 e. The van der Waals surface area contributed by atoms with E-state index < -0.39 is 10.0 Å². The van der Waals surface area contributed by atoms with Crippen molar-refractivity contribution < 1.29 is 13.2 Å². The molecule has 0 spiro atoms. The fraction of sp³-hybridized carbons (Fsp3) is 0.455. The van der Waals surface area contributed by atoms with Gasteiger partial charge in [0.25, 0.3) is 0 Å². The Morgan fingerprint density at radius 3 is 2.39 bits per heavy atom. The number of pyridine rings is 1. The number of rotatable bonds is 5. The van der Waals surface area contributed by atoms with Gasteiger partial charge in [-0.15, -0.1) is 0 Å². The van der Waals surface area contributed by atoms with Gasteiger partial charge in [-0.25, -0.2) is 13.4 Å².